The van der Waals surface area contributed by atoms with Crippen molar-refractivity contribution in [3.05, 3.63) is 39.6 Å². The smallest absolute Gasteiger partial charge is 0.258 e. The maximum Gasteiger partial charge on any atom is 0.258 e. The number of thiophene rings is 1. The van der Waals surface area contributed by atoms with Crippen LogP contribution in [0.2, 0.25) is 0 Å². The highest BCUT2D eigenvalue weighted by Gasteiger charge is 2.29. The van der Waals surface area contributed by atoms with E-state index in [0.29, 0.717) is 5.92 Å². The molecule has 0 bridgehead atoms. The van der Waals surface area contributed by atoms with Crippen LogP contribution in [0.15, 0.2) is 28.4 Å². The SMILES string of the molecule is CC(C)(C)n1nc(C2CCC2)c2cc(-c3cccs3)c(=O)[nH]c21. The maximum absolute atomic E-state index is 12.6. The molecule has 3 heterocycles. The molecule has 1 fully saturated rings. The number of rotatable bonds is 2. The van der Waals surface area contributed by atoms with Crippen molar-refractivity contribution in [3.63, 3.8) is 0 Å². The van der Waals surface area contributed by atoms with E-state index in [1.807, 2.05) is 28.3 Å². The summed E-state index contributed by atoms with van der Waals surface area (Å²) >= 11 is 1.60. The van der Waals surface area contributed by atoms with E-state index in [0.717, 1.165) is 27.2 Å². The van der Waals surface area contributed by atoms with E-state index in [9.17, 15) is 4.79 Å². The van der Waals surface area contributed by atoms with Crippen LogP contribution >= 0.6 is 11.3 Å². The lowest BCUT2D eigenvalue weighted by Crippen LogP contribution is -2.25. The Labute approximate surface area is 139 Å². The van der Waals surface area contributed by atoms with Gasteiger partial charge in [0.15, 0.2) is 0 Å². The van der Waals surface area contributed by atoms with Crippen LogP contribution in [0, 0.1) is 0 Å². The van der Waals surface area contributed by atoms with Crippen LogP contribution in [0.3, 0.4) is 0 Å². The molecule has 3 aromatic heterocycles. The van der Waals surface area contributed by atoms with E-state index in [1.165, 1.54) is 19.3 Å². The zero-order chi connectivity index (χ0) is 16.2. The summed E-state index contributed by atoms with van der Waals surface area (Å²) in [7, 11) is 0. The van der Waals surface area contributed by atoms with Crippen LogP contribution < -0.4 is 5.56 Å². The first-order valence-corrected chi connectivity index (χ1v) is 9.03. The summed E-state index contributed by atoms with van der Waals surface area (Å²) in [6, 6.07) is 6.02. The fraction of sp³-hybridized carbons (Fsp3) is 0.444. The summed E-state index contributed by atoms with van der Waals surface area (Å²) in [6.07, 6.45) is 3.67. The molecule has 1 aliphatic carbocycles. The summed E-state index contributed by atoms with van der Waals surface area (Å²) in [4.78, 5) is 16.7. The van der Waals surface area contributed by atoms with Crippen molar-refractivity contribution in [1.82, 2.24) is 14.8 Å². The standard InChI is InChI=1S/C18H21N3OS/c1-18(2,3)21-16-13(15(20-21)11-6-4-7-11)10-12(17(22)19-16)14-8-5-9-23-14/h5,8-11H,4,6-7H2,1-3H3,(H,19,22). The molecular formula is C18H21N3OS. The lowest BCUT2D eigenvalue weighted by molar-refractivity contribution is 0.349. The van der Waals surface area contributed by atoms with E-state index < -0.39 is 0 Å². The molecule has 1 saturated carbocycles. The third-order valence-electron chi connectivity index (χ3n) is 4.63. The average molecular weight is 327 g/mol. The van der Waals surface area contributed by atoms with E-state index >= 15 is 0 Å². The number of nitrogens with zero attached hydrogens (tertiary/aromatic N) is 2. The minimum Gasteiger partial charge on any atom is -0.306 e. The van der Waals surface area contributed by atoms with Crippen molar-refractivity contribution in [1.29, 1.82) is 0 Å². The lowest BCUT2D eigenvalue weighted by atomic mass is 9.82. The van der Waals surface area contributed by atoms with Gasteiger partial charge in [-0.05, 0) is 51.1 Å². The van der Waals surface area contributed by atoms with Crippen LogP contribution in [0.5, 0.6) is 0 Å². The zero-order valence-electron chi connectivity index (χ0n) is 13.7. The van der Waals surface area contributed by atoms with Crippen LogP contribution in [-0.4, -0.2) is 14.8 Å². The second kappa shape index (κ2) is 5.06. The van der Waals surface area contributed by atoms with Gasteiger partial charge in [-0.1, -0.05) is 12.5 Å². The Balaban J connectivity index is 2.01. The lowest BCUT2D eigenvalue weighted by Gasteiger charge is -2.24. The molecule has 0 aliphatic heterocycles. The first kappa shape index (κ1) is 14.7. The summed E-state index contributed by atoms with van der Waals surface area (Å²) in [5, 5.41) is 8.00. The fourth-order valence-electron chi connectivity index (χ4n) is 3.18. The van der Waals surface area contributed by atoms with Gasteiger partial charge in [-0.3, -0.25) is 4.79 Å². The van der Waals surface area contributed by atoms with Gasteiger partial charge >= 0.3 is 0 Å². The molecule has 0 atom stereocenters. The van der Waals surface area contributed by atoms with Crippen molar-refractivity contribution in [3.8, 4) is 10.4 Å². The molecule has 0 aromatic carbocycles. The van der Waals surface area contributed by atoms with Crippen molar-refractivity contribution in [2.24, 2.45) is 0 Å². The van der Waals surface area contributed by atoms with Crippen LogP contribution in [0.1, 0.15) is 51.6 Å². The highest BCUT2D eigenvalue weighted by Crippen LogP contribution is 2.40. The minimum atomic E-state index is -0.159. The Bertz CT molecular complexity index is 908. The number of hydrogen-bond donors (Lipinski definition) is 1. The van der Waals surface area contributed by atoms with Gasteiger partial charge in [0, 0.05) is 16.2 Å². The molecule has 0 amide bonds. The van der Waals surface area contributed by atoms with E-state index in [2.05, 4.69) is 25.8 Å². The molecule has 4 nitrogen and oxygen atoms in total. The summed E-state index contributed by atoms with van der Waals surface area (Å²) in [5.41, 5.74) is 2.56. The first-order chi connectivity index (χ1) is 10.9. The maximum atomic E-state index is 12.6. The van der Waals surface area contributed by atoms with Crippen LogP contribution in [0.25, 0.3) is 21.5 Å². The molecule has 0 unspecified atom stereocenters. The number of hydrogen-bond acceptors (Lipinski definition) is 3. The van der Waals surface area contributed by atoms with Crippen molar-refractivity contribution >= 4 is 22.4 Å². The third kappa shape index (κ3) is 2.34. The van der Waals surface area contributed by atoms with Gasteiger partial charge in [-0.25, -0.2) is 4.68 Å². The van der Waals surface area contributed by atoms with Crippen molar-refractivity contribution < 1.29 is 0 Å². The highest BCUT2D eigenvalue weighted by molar-refractivity contribution is 7.13. The van der Waals surface area contributed by atoms with Gasteiger partial charge in [0.25, 0.3) is 5.56 Å². The Morgan fingerprint density at radius 2 is 2.13 bits per heavy atom. The topological polar surface area (TPSA) is 50.7 Å². The molecule has 0 radical (unpaired) electrons. The van der Waals surface area contributed by atoms with Gasteiger partial charge in [0.05, 0.1) is 16.8 Å². The second-order valence-electron chi connectivity index (χ2n) is 7.35. The molecule has 5 heteroatoms. The Kier molecular flexibility index (Phi) is 3.23. The summed E-state index contributed by atoms with van der Waals surface area (Å²) < 4.78 is 1.98. The quantitative estimate of drug-likeness (QED) is 0.754. The van der Waals surface area contributed by atoms with E-state index in [1.54, 1.807) is 11.3 Å². The molecule has 120 valence electrons. The van der Waals surface area contributed by atoms with Crippen LogP contribution in [-0.2, 0) is 5.54 Å². The zero-order valence-corrected chi connectivity index (χ0v) is 14.5. The molecule has 0 saturated heterocycles. The normalized spacial score (nSPS) is 16.0. The van der Waals surface area contributed by atoms with Gasteiger partial charge < -0.3 is 4.98 Å². The largest absolute Gasteiger partial charge is 0.306 e. The number of nitrogens with one attached hydrogen (secondary N) is 1. The summed E-state index contributed by atoms with van der Waals surface area (Å²) in [6.45, 7) is 6.36. The van der Waals surface area contributed by atoms with Crippen molar-refractivity contribution in [2.45, 2.75) is 51.5 Å². The molecule has 23 heavy (non-hydrogen) atoms. The first-order valence-electron chi connectivity index (χ1n) is 8.15. The molecule has 4 rings (SSSR count). The van der Waals surface area contributed by atoms with Crippen LogP contribution in [0.4, 0.5) is 0 Å². The molecule has 1 N–H and O–H groups in total. The predicted molar refractivity (Wildman–Crippen MR) is 95.3 cm³/mol. The fourth-order valence-corrected chi connectivity index (χ4v) is 3.92. The molecular weight excluding hydrogens is 306 g/mol. The number of fused-ring (bicyclic) bond motifs is 1. The van der Waals surface area contributed by atoms with Gasteiger partial charge in [0.2, 0.25) is 0 Å². The number of H-pyrrole nitrogens is 1. The molecule has 0 spiro atoms. The van der Waals surface area contributed by atoms with Gasteiger partial charge in [0.1, 0.15) is 5.65 Å². The highest BCUT2D eigenvalue weighted by atomic mass is 32.1. The number of aromatic nitrogens is 3. The van der Waals surface area contributed by atoms with Gasteiger partial charge in [-0.15, -0.1) is 11.3 Å². The second-order valence-corrected chi connectivity index (χ2v) is 8.30. The third-order valence-corrected chi connectivity index (χ3v) is 5.53. The monoisotopic (exact) mass is 327 g/mol. The number of pyridine rings is 1. The predicted octanol–water partition coefficient (Wildman–Crippen LogP) is 4.48. The Hall–Kier alpha value is -1.88. The summed E-state index contributed by atoms with van der Waals surface area (Å²) in [5.74, 6) is 0.531. The molecule has 1 aliphatic rings. The Morgan fingerprint density at radius 3 is 2.70 bits per heavy atom. The Morgan fingerprint density at radius 1 is 1.35 bits per heavy atom. The minimum absolute atomic E-state index is 0.0366. The average Bonchev–Trinajstić information content (AvgIpc) is 3.03. The number of aromatic amines is 1. The van der Waals surface area contributed by atoms with Crippen molar-refractivity contribution in [2.75, 3.05) is 0 Å². The van der Waals surface area contributed by atoms with E-state index in [-0.39, 0.29) is 11.1 Å². The van der Waals surface area contributed by atoms with E-state index in [4.69, 9.17) is 5.10 Å². The molecule has 3 aromatic rings. The van der Waals surface area contributed by atoms with Gasteiger partial charge in [-0.2, -0.15) is 5.10 Å².